The van der Waals surface area contributed by atoms with E-state index in [1.54, 1.807) is 6.07 Å². The van der Waals surface area contributed by atoms with Crippen LogP contribution < -0.4 is 5.32 Å². The molecule has 1 aromatic carbocycles. The highest BCUT2D eigenvalue weighted by molar-refractivity contribution is 6.30. The molecular formula is C16H21ClF4N2. The molecule has 23 heavy (non-hydrogen) atoms. The molecule has 1 N–H and O–H groups in total. The molecule has 1 aromatic rings. The molecule has 1 aliphatic heterocycles. The summed E-state index contributed by atoms with van der Waals surface area (Å²) in [6, 6.07) is 3.98. The Labute approximate surface area is 138 Å². The monoisotopic (exact) mass is 352 g/mol. The number of halogens is 5. The molecule has 1 saturated heterocycles. The lowest BCUT2D eigenvalue weighted by Gasteiger charge is -2.39. The number of nitrogens with zero attached hydrogens (tertiary/aromatic N) is 1. The third kappa shape index (κ3) is 4.81. The van der Waals surface area contributed by atoms with Crippen LogP contribution in [0.3, 0.4) is 0 Å². The Morgan fingerprint density at radius 3 is 2.65 bits per heavy atom. The van der Waals surface area contributed by atoms with E-state index >= 15 is 0 Å². The molecule has 1 heterocycles. The van der Waals surface area contributed by atoms with Gasteiger partial charge in [-0.15, -0.1) is 0 Å². The van der Waals surface area contributed by atoms with E-state index in [0.717, 1.165) is 0 Å². The van der Waals surface area contributed by atoms with Gasteiger partial charge in [-0.2, -0.15) is 13.2 Å². The van der Waals surface area contributed by atoms with Crippen LogP contribution in [0.2, 0.25) is 5.02 Å². The summed E-state index contributed by atoms with van der Waals surface area (Å²) in [5.41, 5.74) is 0.539. The Kier molecular flexibility index (Phi) is 5.92. The second-order valence-electron chi connectivity index (χ2n) is 6.22. The van der Waals surface area contributed by atoms with Crippen molar-refractivity contribution in [3.63, 3.8) is 0 Å². The zero-order valence-corrected chi connectivity index (χ0v) is 13.9. The van der Waals surface area contributed by atoms with Crippen LogP contribution >= 0.6 is 11.6 Å². The highest BCUT2D eigenvalue weighted by atomic mass is 35.5. The fourth-order valence-electron chi connectivity index (χ4n) is 2.93. The maximum Gasteiger partial charge on any atom is 0.391 e. The Hall–Kier alpha value is -0.850. The zero-order chi connectivity index (χ0) is 17.2. The largest absolute Gasteiger partial charge is 0.391 e. The van der Waals surface area contributed by atoms with Gasteiger partial charge < -0.3 is 5.32 Å². The molecule has 130 valence electrons. The molecule has 3 unspecified atom stereocenters. The van der Waals surface area contributed by atoms with Crippen LogP contribution in [0.1, 0.15) is 31.9 Å². The lowest BCUT2D eigenvalue weighted by Crippen LogP contribution is -2.50. The van der Waals surface area contributed by atoms with Crippen molar-refractivity contribution in [3.05, 3.63) is 34.6 Å². The lowest BCUT2D eigenvalue weighted by molar-refractivity contribution is -0.175. The van der Waals surface area contributed by atoms with Gasteiger partial charge >= 0.3 is 6.18 Å². The van der Waals surface area contributed by atoms with Crippen molar-refractivity contribution < 1.29 is 17.6 Å². The molecule has 1 aliphatic rings. The molecule has 0 spiro atoms. The van der Waals surface area contributed by atoms with Crippen molar-refractivity contribution >= 4 is 11.6 Å². The molecular weight excluding hydrogens is 332 g/mol. The molecule has 2 nitrogen and oxygen atoms in total. The number of hydrogen-bond acceptors (Lipinski definition) is 2. The second kappa shape index (κ2) is 7.36. The van der Waals surface area contributed by atoms with Crippen LogP contribution in [0.4, 0.5) is 17.6 Å². The Balaban J connectivity index is 2.28. The summed E-state index contributed by atoms with van der Waals surface area (Å²) < 4.78 is 52.7. The maximum atomic E-state index is 13.8. The number of benzene rings is 1. The van der Waals surface area contributed by atoms with Gasteiger partial charge in [0.1, 0.15) is 5.82 Å². The molecule has 0 bridgehead atoms. The fourth-order valence-corrected chi connectivity index (χ4v) is 3.05. The molecule has 2 rings (SSSR count). The van der Waals surface area contributed by atoms with E-state index in [-0.39, 0.29) is 17.5 Å². The molecule has 7 heteroatoms. The molecule has 0 aliphatic carbocycles. The van der Waals surface area contributed by atoms with Gasteiger partial charge in [-0.25, -0.2) is 4.39 Å². The molecule has 3 atom stereocenters. The third-order valence-electron chi connectivity index (χ3n) is 4.30. The van der Waals surface area contributed by atoms with Crippen molar-refractivity contribution in [1.82, 2.24) is 10.2 Å². The van der Waals surface area contributed by atoms with Crippen LogP contribution in [0.15, 0.2) is 18.2 Å². The summed E-state index contributed by atoms with van der Waals surface area (Å²) in [7, 11) is 0. The summed E-state index contributed by atoms with van der Waals surface area (Å²) in [6.45, 7) is 5.11. The van der Waals surface area contributed by atoms with Gasteiger partial charge in [-0.05, 0) is 31.0 Å². The van der Waals surface area contributed by atoms with Gasteiger partial charge in [-0.3, -0.25) is 4.90 Å². The fraction of sp³-hybridized carbons (Fsp3) is 0.625. The number of nitrogens with one attached hydrogen (secondary N) is 1. The predicted octanol–water partition coefficient (Wildman–Crippen LogP) is 4.40. The number of alkyl halides is 3. The van der Waals surface area contributed by atoms with Gasteiger partial charge in [0, 0.05) is 31.7 Å². The van der Waals surface area contributed by atoms with Crippen LogP contribution in [0.25, 0.3) is 0 Å². The lowest BCUT2D eigenvalue weighted by atomic mass is 9.93. The van der Waals surface area contributed by atoms with Gasteiger partial charge in [0.15, 0.2) is 0 Å². The van der Waals surface area contributed by atoms with Crippen LogP contribution in [-0.2, 0) is 0 Å². The van der Waals surface area contributed by atoms with E-state index in [2.05, 4.69) is 5.32 Å². The van der Waals surface area contributed by atoms with Gasteiger partial charge in [0.2, 0.25) is 0 Å². The van der Waals surface area contributed by atoms with E-state index in [9.17, 15) is 17.6 Å². The number of piperazine rings is 1. The first-order valence-corrected chi connectivity index (χ1v) is 8.05. The van der Waals surface area contributed by atoms with Gasteiger partial charge in [0.05, 0.1) is 10.9 Å². The highest BCUT2D eigenvalue weighted by Gasteiger charge is 2.39. The van der Waals surface area contributed by atoms with Crippen molar-refractivity contribution in [2.24, 2.45) is 5.92 Å². The normalized spacial score (nSPS) is 22.8. The minimum Gasteiger partial charge on any atom is -0.312 e. The summed E-state index contributed by atoms with van der Waals surface area (Å²) in [5.74, 6) is -2.06. The second-order valence-corrected chi connectivity index (χ2v) is 6.63. The smallest absolute Gasteiger partial charge is 0.312 e. The van der Waals surface area contributed by atoms with Crippen molar-refractivity contribution in [1.29, 1.82) is 0 Å². The van der Waals surface area contributed by atoms with Crippen LogP contribution in [0.5, 0.6) is 0 Å². The van der Waals surface area contributed by atoms with Crippen LogP contribution in [-0.4, -0.2) is 36.8 Å². The van der Waals surface area contributed by atoms with E-state index in [1.807, 2.05) is 11.8 Å². The number of rotatable bonds is 4. The molecule has 0 radical (unpaired) electrons. The first kappa shape index (κ1) is 18.5. The minimum absolute atomic E-state index is 0.0231. The van der Waals surface area contributed by atoms with Gasteiger partial charge in [0.25, 0.3) is 0 Å². The standard InChI is InChI=1S/C16H21ClF4N2/c1-10(16(19,20)21)7-15(23-6-5-22-11(2)9-23)12-3-4-13(17)14(18)8-12/h3-4,8,10-11,15,22H,5-7,9H2,1-2H3. The average Bonchev–Trinajstić information content (AvgIpc) is 2.46. The van der Waals surface area contributed by atoms with Crippen LogP contribution in [0, 0.1) is 11.7 Å². The Morgan fingerprint density at radius 2 is 2.09 bits per heavy atom. The summed E-state index contributed by atoms with van der Waals surface area (Å²) in [6.07, 6.45) is -4.36. The summed E-state index contributed by atoms with van der Waals surface area (Å²) in [4.78, 5) is 1.99. The molecule has 0 amide bonds. The van der Waals surface area contributed by atoms with Crippen molar-refractivity contribution in [2.45, 2.75) is 38.5 Å². The first-order chi connectivity index (χ1) is 10.7. The summed E-state index contributed by atoms with van der Waals surface area (Å²) >= 11 is 5.69. The van der Waals surface area contributed by atoms with E-state index in [1.165, 1.54) is 19.1 Å². The average molecular weight is 353 g/mol. The van der Waals surface area contributed by atoms with E-state index in [0.29, 0.717) is 25.2 Å². The quantitative estimate of drug-likeness (QED) is 0.808. The van der Waals surface area contributed by atoms with E-state index in [4.69, 9.17) is 11.6 Å². The van der Waals surface area contributed by atoms with E-state index < -0.39 is 24.0 Å². The summed E-state index contributed by atoms with van der Waals surface area (Å²) in [5, 5.41) is 3.24. The molecule has 0 saturated carbocycles. The predicted molar refractivity (Wildman–Crippen MR) is 83.0 cm³/mol. The SMILES string of the molecule is CC1CN(C(CC(C)C(F)(F)F)c2ccc(Cl)c(F)c2)CCN1. The highest BCUT2D eigenvalue weighted by Crippen LogP contribution is 2.37. The molecule has 1 fully saturated rings. The topological polar surface area (TPSA) is 15.3 Å². The maximum absolute atomic E-state index is 13.8. The van der Waals surface area contributed by atoms with Gasteiger partial charge in [-0.1, -0.05) is 24.6 Å². The zero-order valence-electron chi connectivity index (χ0n) is 13.1. The first-order valence-electron chi connectivity index (χ1n) is 7.67. The number of hydrogen-bond donors (Lipinski definition) is 1. The minimum atomic E-state index is -4.26. The third-order valence-corrected chi connectivity index (χ3v) is 4.61. The van der Waals surface area contributed by atoms with Crippen molar-refractivity contribution in [3.8, 4) is 0 Å². The molecule has 0 aromatic heterocycles. The Bertz CT molecular complexity index is 535. The Morgan fingerprint density at radius 1 is 1.39 bits per heavy atom. The van der Waals surface area contributed by atoms with Crippen molar-refractivity contribution in [2.75, 3.05) is 19.6 Å².